The lowest BCUT2D eigenvalue weighted by atomic mass is 9.90. The highest BCUT2D eigenvalue weighted by molar-refractivity contribution is 4.88. The minimum absolute atomic E-state index is 0.625. The first-order valence-corrected chi connectivity index (χ1v) is 7.68. The van der Waals surface area contributed by atoms with Crippen LogP contribution in [0.3, 0.4) is 0 Å². The van der Waals surface area contributed by atoms with Gasteiger partial charge in [0.2, 0.25) is 0 Å². The maximum Gasteiger partial charge on any atom is 0.0373 e. The molecular weight excluding hydrogens is 222 g/mol. The standard InChI is InChI=1S/C15H33N3/c1-6-13(7-2)11-14(16-3)15-12-17(4)9-8-10-18(15)5/h13-16H,6-12H2,1-5H3. The first-order chi connectivity index (χ1) is 8.62. The van der Waals surface area contributed by atoms with Crippen LogP contribution in [0, 0.1) is 5.92 Å². The highest BCUT2D eigenvalue weighted by atomic mass is 15.2. The van der Waals surface area contributed by atoms with E-state index in [-0.39, 0.29) is 0 Å². The highest BCUT2D eigenvalue weighted by Crippen LogP contribution is 2.20. The second-order valence-electron chi connectivity index (χ2n) is 5.98. The lowest BCUT2D eigenvalue weighted by Gasteiger charge is -2.36. The van der Waals surface area contributed by atoms with E-state index in [4.69, 9.17) is 0 Å². The van der Waals surface area contributed by atoms with Crippen LogP contribution in [0.15, 0.2) is 0 Å². The molecule has 0 spiro atoms. The second kappa shape index (κ2) is 8.13. The number of hydrogen-bond donors (Lipinski definition) is 1. The van der Waals surface area contributed by atoms with Crippen molar-refractivity contribution in [2.75, 3.05) is 40.8 Å². The Kier molecular flexibility index (Phi) is 7.20. The van der Waals surface area contributed by atoms with Crippen LogP contribution in [0.1, 0.15) is 39.5 Å². The van der Waals surface area contributed by atoms with Gasteiger partial charge in [-0.05, 0) is 53.0 Å². The van der Waals surface area contributed by atoms with Gasteiger partial charge in [-0.15, -0.1) is 0 Å². The largest absolute Gasteiger partial charge is 0.315 e. The third-order valence-electron chi connectivity index (χ3n) is 4.69. The molecule has 2 atom stereocenters. The van der Waals surface area contributed by atoms with Crippen molar-refractivity contribution in [2.24, 2.45) is 5.92 Å². The molecule has 0 saturated carbocycles. The van der Waals surface area contributed by atoms with Crippen LogP contribution in [0.25, 0.3) is 0 Å². The Labute approximate surface area is 114 Å². The van der Waals surface area contributed by atoms with E-state index in [1.165, 1.54) is 45.3 Å². The molecule has 3 heteroatoms. The zero-order valence-electron chi connectivity index (χ0n) is 13.1. The van der Waals surface area contributed by atoms with Gasteiger partial charge in [-0.1, -0.05) is 26.7 Å². The number of nitrogens with zero attached hydrogens (tertiary/aromatic N) is 2. The van der Waals surface area contributed by atoms with Gasteiger partial charge in [0.1, 0.15) is 0 Å². The van der Waals surface area contributed by atoms with Gasteiger partial charge in [-0.3, -0.25) is 0 Å². The predicted octanol–water partition coefficient (Wildman–Crippen LogP) is 2.04. The van der Waals surface area contributed by atoms with E-state index < -0.39 is 0 Å². The van der Waals surface area contributed by atoms with Crippen LogP contribution in [-0.4, -0.2) is 62.7 Å². The Hall–Kier alpha value is -0.120. The van der Waals surface area contributed by atoms with Crippen LogP contribution >= 0.6 is 0 Å². The molecule has 1 aliphatic rings. The summed E-state index contributed by atoms with van der Waals surface area (Å²) in [5, 5.41) is 3.58. The summed E-state index contributed by atoms with van der Waals surface area (Å²) >= 11 is 0. The molecule has 0 bridgehead atoms. The Morgan fingerprint density at radius 1 is 1.17 bits per heavy atom. The molecule has 0 amide bonds. The maximum atomic E-state index is 3.58. The Morgan fingerprint density at radius 3 is 2.39 bits per heavy atom. The van der Waals surface area contributed by atoms with Crippen molar-refractivity contribution < 1.29 is 0 Å². The molecule has 0 aromatic heterocycles. The van der Waals surface area contributed by atoms with E-state index in [0.717, 1.165) is 5.92 Å². The van der Waals surface area contributed by atoms with Crippen LogP contribution in [-0.2, 0) is 0 Å². The van der Waals surface area contributed by atoms with E-state index in [1.807, 2.05) is 0 Å². The molecule has 0 aromatic carbocycles. The molecule has 0 aromatic rings. The molecular formula is C15H33N3. The number of hydrogen-bond acceptors (Lipinski definition) is 3. The molecule has 108 valence electrons. The molecule has 2 unspecified atom stereocenters. The average molecular weight is 255 g/mol. The summed E-state index contributed by atoms with van der Waals surface area (Å²) in [5.41, 5.74) is 0. The van der Waals surface area contributed by atoms with Crippen LogP contribution in [0.4, 0.5) is 0 Å². The predicted molar refractivity (Wildman–Crippen MR) is 80.1 cm³/mol. The first-order valence-electron chi connectivity index (χ1n) is 7.68. The van der Waals surface area contributed by atoms with Crippen molar-refractivity contribution in [1.82, 2.24) is 15.1 Å². The van der Waals surface area contributed by atoms with E-state index in [9.17, 15) is 0 Å². The summed E-state index contributed by atoms with van der Waals surface area (Å²) < 4.78 is 0. The summed E-state index contributed by atoms with van der Waals surface area (Å²) in [6.45, 7) is 8.31. The van der Waals surface area contributed by atoms with E-state index in [2.05, 4.69) is 50.1 Å². The molecule has 1 rings (SSSR count). The van der Waals surface area contributed by atoms with Crippen molar-refractivity contribution in [3.63, 3.8) is 0 Å². The average Bonchev–Trinajstić information content (AvgIpc) is 2.53. The van der Waals surface area contributed by atoms with Crippen molar-refractivity contribution in [3.8, 4) is 0 Å². The van der Waals surface area contributed by atoms with Crippen molar-refractivity contribution in [1.29, 1.82) is 0 Å². The fraction of sp³-hybridized carbons (Fsp3) is 1.00. The smallest absolute Gasteiger partial charge is 0.0373 e. The Bertz CT molecular complexity index is 216. The van der Waals surface area contributed by atoms with Gasteiger partial charge in [0, 0.05) is 18.6 Å². The molecule has 0 radical (unpaired) electrons. The number of nitrogens with one attached hydrogen (secondary N) is 1. The Morgan fingerprint density at radius 2 is 1.83 bits per heavy atom. The number of likely N-dealkylation sites (N-methyl/N-ethyl adjacent to an activating group) is 3. The minimum atomic E-state index is 0.625. The topological polar surface area (TPSA) is 18.5 Å². The molecule has 3 nitrogen and oxygen atoms in total. The van der Waals surface area contributed by atoms with Gasteiger partial charge < -0.3 is 15.1 Å². The summed E-state index contributed by atoms with van der Waals surface area (Å²) in [6, 6.07) is 1.28. The van der Waals surface area contributed by atoms with Gasteiger partial charge in [0.05, 0.1) is 0 Å². The maximum absolute atomic E-state index is 3.58. The molecule has 1 fully saturated rings. The summed E-state index contributed by atoms with van der Waals surface area (Å²) in [5.74, 6) is 0.865. The zero-order chi connectivity index (χ0) is 13.5. The quantitative estimate of drug-likeness (QED) is 0.783. The minimum Gasteiger partial charge on any atom is -0.315 e. The van der Waals surface area contributed by atoms with Crippen molar-refractivity contribution in [2.45, 2.75) is 51.6 Å². The monoisotopic (exact) mass is 255 g/mol. The molecule has 18 heavy (non-hydrogen) atoms. The molecule has 1 heterocycles. The van der Waals surface area contributed by atoms with Crippen LogP contribution in [0.5, 0.6) is 0 Å². The molecule has 1 aliphatic heterocycles. The second-order valence-corrected chi connectivity index (χ2v) is 5.98. The Balaban J connectivity index is 2.65. The first kappa shape index (κ1) is 15.9. The normalized spacial score (nSPS) is 25.3. The number of rotatable bonds is 6. The van der Waals surface area contributed by atoms with Gasteiger partial charge >= 0.3 is 0 Å². The molecule has 1 saturated heterocycles. The van der Waals surface area contributed by atoms with E-state index in [1.54, 1.807) is 0 Å². The van der Waals surface area contributed by atoms with E-state index in [0.29, 0.717) is 12.1 Å². The fourth-order valence-electron chi connectivity index (χ4n) is 3.19. The zero-order valence-corrected chi connectivity index (χ0v) is 13.1. The molecule has 1 N–H and O–H groups in total. The van der Waals surface area contributed by atoms with Gasteiger partial charge in [-0.2, -0.15) is 0 Å². The van der Waals surface area contributed by atoms with Crippen LogP contribution < -0.4 is 5.32 Å². The van der Waals surface area contributed by atoms with Gasteiger partial charge in [0.25, 0.3) is 0 Å². The van der Waals surface area contributed by atoms with Gasteiger partial charge in [-0.25, -0.2) is 0 Å². The molecule has 0 aliphatic carbocycles. The lowest BCUT2D eigenvalue weighted by molar-refractivity contribution is 0.164. The lowest BCUT2D eigenvalue weighted by Crippen LogP contribution is -2.52. The third kappa shape index (κ3) is 4.52. The van der Waals surface area contributed by atoms with E-state index >= 15 is 0 Å². The summed E-state index contributed by atoms with van der Waals surface area (Å²) in [6.07, 6.45) is 5.22. The third-order valence-corrected chi connectivity index (χ3v) is 4.69. The summed E-state index contributed by atoms with van der Waals surface area (Å²) in [7, 11) is 6.68. The van der Waals surface area contributed by atoms with Gasteiger partial charge in [0.15, 0.2) is 0 Å². The highest BCUT2D eigenvalue weighted by Gasteiger charge is 2.28. The van der Waals surface area contributed by atoms with Crippen molar-refractivity contribution in [3.05, 3.63) is 0 Å². The van der Waals surface area contributed by atoms with Crippen LogP contribution in [0.2, 0.25) is 0 Å². The SMILES string of the molecule is CCC(CC)CC(NC)C1CN(C)CCCN1C. The summed E-state index contributed by atoms with van der Waals surface area (Å²) in [4.78, 5) is 5.05. The van der Waals surface area contributed by atoms with Crippen molar-refractivity contribution >= 4 is 0 Å². The fourth-order valence-corrected chi connectivity index (χ4v) is 3.19.